The van der Waals surface area contributed by atoms with E-state index in [2.05, 4.69) is 33.1 Å². The Balaban J connectivity index is 2.10. The number of benzene rings is 1. The molecule has 164 valence electrons. The van der Waals surface area contributed by atoms with Crippen LogP contribution in [0.1, 0.15) is 50.8 Å². The van der Waals surface area contributed by atoms with Crippen molar-refractivity contribution in [2.24, 2.45) is 23.0 Å². The molecule has 0 saturated heterocycles. The van der Waals surface area contributed by atoms with Crippen LogP contribution in [-0.4, -0.2) is 19.5 Å². The summed E-state index contributed by atoms with van der Waals surface area (Å²) in [4.78, 5) is 35.6. The van der Waals surface area contributed by atoms with Crippen molar-refractivity contribution in [1.82, 2.24) is 9.13 Å². The zero-order valence-electron chi connectivity index (χ0n) is 19.0. The lowest BCUT2D eigenvalue weighted by Crippen LogP contribution is -2.40. The van der Waals surface area contributed by atoms with Crippen LogP contribution >= 0.6 is 15.9 Å². The third-order valence-corrected chi connectivity index (χ3v) is 6.80. The molecule has 31 heavy (non-hydrogen) atoms. The van der Waals surface area contributed by atoms with E-state index in [-0.39, 0.29) is 18.0 Å². The molecular formula is C24H29BrN4O2. The predicted molar refractivity (Wildman–Crippen MR) is 131 cm³/mol. The summed E-state index contributed by atoms with van der Waals surface area (Å²) in [5, 5.41) is 0. The van der Waals surface area contributed by atoms with Crippen molar-refractivity contribution in [3.05, 3.63) is 73.1 Å². The number of nitrogens with zero attached hydrogens (tertiary/aromatic N) is 4. The van der Waals surface area contributed by atoms with Gasteiger partial charge in [-0.15, -0.1) is 0 Å². The number of aryl methyl sites for hydroxylation is 1. The number of hydrogen-bond donors (Lipinski definition) is 0. The van der Waals surface area contributed by atoms with Crippen LogP contribution in [0.25, 0.3) is 0 Å². The highest BCUT2D eigenvalue weighted by molar-refractivity contribution is 9.18. The maximum atomic E-state index is 13.1. The third kappa shape index (κ3) is 4.71. The van der Waals surface area contributed by atoms with Crippen LogP contribution < -0.4 is 11.2 Å². The smallest absolute Gasteiger partial charge is 0.281 e. The monoisotopic (exact) mass is 484 g/mol. The molecule has 1 aromatic heterocycles. The van der Waals surface area contributed by atoms with Crippen LogP contribution in [0.3, 0.4) is 0 Å². The van der Waals surface area contributed by atoms with Crippen LogP contribution in [0.4, 0.5) is 5.82 Å². The topological polar surface area (TPSA) is 68.7 Å². The third-order valence-electron chi connectivity index (χ3n) is 5.71. The summed E-state index contributed by atoms with van der Waals surface area (Å²) in [6.45, 7) is 9.84. The van der Waals surface area contributed by atoms with Gasteiger partial charge in [0.05, 0.1) is 22.4 Å². The summed E-state index contributed by atoms with van der Waals surface area (Å²) in [5.74, 6) is 0.531. The Hall–Kier alpha value is -2.54. The number of rotatable bonds is 4. The summed E-state index contributed by atoms with van der Waals surface area (Å²) in [6.07, 6.45) is 1.74. The molecule has 0 unspecified atom stereocenters. The Morgan fingerprint density at radius 3 is 2.52 bits per heavy atom. The lowest BCUT2D eigenvalue weighted by molar-refractivity contribution is 0.621. The van der Waals surface area contributed by atoms with Crippen molar-refractivity contribution < 1.29 is 0 Å². The molecule has 0 N–H and O–H groups in total. The van der Waals surface area contributed by atoms with Crippen LogP contribution in [-0.2, 0) is 20.0 Å². The van der Waals surface area contributed by atoms with Gasteiger partial charge >= 0.3 is 5.69 Å². The van der Waals surface area contributed by atoms with Crippen molar-refractivity contribution in [2.45, 2.75) is 54.0 Å². The van der Waals surface area contributed by atoms with E-state index in [4.69, 9.17) is 4.99 Å². The minimum atomic E-state index is -0.394. The van der Waals surface area contributed by atoms with Gasteiger partial charge in [0.1, 0.15) is 5.82 Å². The van der Waals surface area contributed by atoms with E-state index in [1.54, 1.807) is 14.0 Å². The van der Waals surface area contributed by atoms with Gasteiger partial charge in [0.2, 0.25) is 0 Å². The number of allylic oxidation sites excluding steroid dienone is 2. The van der Waals surface area contributed by atoms with E-state index in [0.717, 1.165) is 35.4 Å². The molecule has 1 aromatic carbocycles. The van der Waals surface area contributed by atoms with E-state index in [1.165, 1.54) is 14.7 Å². The number of hydrogen-bond acceptors (Lipinski definition) is 4. The summed E-state index contributed by atoms with van der Waals surface area (Å²) in [6, 6.07) is 8.25. The molecule has 0 bridgehead atoms. The van der Waals surface area contributed by atoms with Crippen LogP contribution in [0.5, 0.6) is 0 Å². The fraction of sp³-hybridized carbons (Fsp3) is 0.417. The Morgan fingerprint density at radius 2 is 1.84 bits per heavy atom. The van der Waals surface area contributed by atoms with Gasteiger partial charge in [0, 0.05) is 18.7 Å². The van der Waals surface area contributed by atoms with E-state index in [0.29, 0.717) is 16.0 Å². The largest absolute Gasteiger partial charge is 0.332 e. The molecule has 0 fully saturated rings. The molecule has 6 nitrogen and oxygen atoms in total. The molecule has 0 saturated carbocycles. The molecule has 2 aromatic rings. The first kappa shape index (κ1) is 23.1. The Kier molecular flexibility index (Phi) is 6.94. The van der Waals surface area contributed by atoms with Gasteiger partial charge in [-0.3, -0.25) is 18.9 Å². The number of aliphatic imine (C=N–C) groups is 2. The average molecular weight is 485 g/mol. The standard InChI is InChI=1S/C24H29BrN4O2/c1-14(2)21(25)27-22-16(4)23(30)29(24(31)28(22)6)13-20-15(3)11-12-18-9-7-8-10-19(18)17(5)26-20/h7-10,14H,11-13H2,1-6H3/b20-15?,26-17?,27-21+. The first-order valence-corrected chi connectivity index (χ1v) is 11.3. The second-order valence-corrected chi connectivity index (χ2v) is 9.16. The number of halogens is 1. The lowest BCUT2D eigenvalue weighted by atomic mass is 9.95. The van der Waals surface area contributed by atoms with E-state index < -0.39 is 5.69 Å². The highest BCUT2D eigenvalue weighted by Gasteiger charge is 2.18. The van der Waals surface area contributed by atoms with Crippen molar-refractivity contribution >= 4 is 32.1 Å². The zero-order chi connectivity index (χ0) is 22.9. The highest BCUT2D eigenvalue weighted by Crippen LogP contribution is 2.23. The number of aromatic nitrogens is 2. The summed E-state index contributed by atoms with van der Waals surface area (Å²) >= 11 is 3.44. The minimum absolute atomic E-state index is 0.146. The normalized spacial score (nSPS) is 15.0. The fourth-order valence-electron chi connectivity index (χ4n) is 3.67. The van der Waals surface area contributed by atoms with Crippen LogP contribution in [0, 0.1) is 12.8 Å². The predicted octanol–water partition coefficient (Wildman–Crippen LogP) is 4.67. The molecule has 0 atom stereocenters. The maximum absolute atomic E-state index is 13.1. The van der Waals surface area contributed by atoms with Crippen molar-refractivity contribution in [1.29, 1.82) is 0 Å². The van der Waals surface area contributed by atoms with Gasteiger partial charge in [-0.25, -0.2) is 9.79 Å². The summed E-state index contributed by atoms with van der Waals surface area (Å²) < 4.78 is 3.39. The fourth-order valence-corrected chi connectivity index (χ4v) is 3.84. The molecule has 0 radical (unpaired) electrons. The van der Waals surface area contributed by atoms with Gasteiger partial charge in [-0.1, -0.05) is 38.1 Å². The van der Waals surface area contributed by atoms with Crippen molar-refractivity contribution in [3.8, 4) is 0 Å². The molecule has 3 rings (SSSR count). The second-order valence-electron chi connectivity index (χ2n) is 8.35. The van der Waals surface area contributed by atoms with E-state index >= 15 is 0 Å². The zero-order valence-corrected chi connectivity index (χ0v) is 20.6. The first-order chi connectivity index (χ1) is 14.6. The molecule has 7 heteroatoms. The SMILES string of the molecule is CC1=NC(Cn2c(=O)c(C)c(/N=C(/Br)C(C)C)n(C)c2=O)=C(C)CCc2ccccc21. The Morgan fingerprint density at radius 1 is 1.16 bits per heavy atom. The van der Waals surface area contributed by atoms with Crippen LogP contribution in [0.15, 0.2) is 55.1 Å². The first-order valence-electron chi connectivity index (χ1n) is 10.5. The van der Waals surface area contributed by atoms with Gasteiger partial charge in [-0.2, -0.15) is 0 Å². The maximum Gasteiger partial charge on any atom is 0.332 e. The Labute approximate surface area is 191 Å². The van der Waals surface area contributed by atoms with Crippen molar-refractivity contribution in [2.75, 3.05) is 0 Å². The van der Waals surface area contributed by atoms with Gasteiger partial charge < -0.3 is 0 Å². The van der Waals surface area contributed by atoms with Gasteiger partial charge in [-0.05, 0) is 66.2 Å². The second kappa shape index (κ2) is 9.30. The van der Waals surface area contributed by atoms with Crippen LogP contribution in [0.2, 0.25) is 0 Å². The molecule has 0 amide bonds. The quantitative estimate of drug-likeness (QED) is 0.591. The number of fused-ring (bicyclic) bond motifs is 1. The molecule has 0 aliphatic carbocycles. The van der Waals surface area contributed by atoms with Gasteiger partial charge in [0.15, 0.2) is 0 Å². The molecule has 1 aliphatic rings. The lowest BCUT2D eigenvalue weighted by Gasteiger charge is -2.18. The molecule has 1 aliphatic heterocycles. The average Bonchev–Trinajstić information content (AvgIpc) is 2.74. The highest BCUT2D eigenvalue weighted by atomic mass is 79.9. The van der Waals surface area contributed by atoms with Gasteiger partial charge in [0.25, 0.3) is 5.56 Å². The molecule has 2 heterocycles. The summed E-state index contributed by atoms with van der Waals surface area (Å²) in [5.41, 5.74) is 4.85. The minimum Gasteiger partial charge on any atom is -0.281 e. The van der Waals surface area contributed by atoms with E-state index in [9.17, 15) is 9.59 Å². The molecular weight excluding hydrogens is 456 g/mol. The van der Waals surface area contributed by atoms with Crippen molar-refractivity contribution in [3.63, 3.8) is 0 Å². The summed E-state index contributed by atoms with van der Waals surface area (Å²) in [7, 11) is 1.65. The molecule has 0 spiro atoms. The van der Waals surface area contributed by atoms with E-state index in [1.807, 2.05) is 39.8 Å². The Bertz CT molecular complexity index is 1190.